The molecule has 88 valence electrons. The smallest absolute Gasteiger partial charge is 0.272 e. The Morgan fingerprint density at radius 1 is 1.62 bits per heavy atom. The highest BCUT2D eigenvalue weighted by Gasteiger charge is 2.28. The summed E-state index contributed by atoms with van der Waals surface area (Å²) in [4.78, 5) is 9.78. The fraction of sp³-hybridized carbons (Fsp3) is 0.400. The van der Waals surface area contributed by atoms with Crippen LogP contribution >= 0.6 is 0 Å². The van der Waals surface area contributed by atoms with E-state index in [0.29, 0.717) is 0 Å². The Kier molecular flexibility index (Phi) is 3.56. The van der Waals surface area contributed by atoms with Crippen LogP contribution in [0.15, 0.2) is 18.2 Å². The maximum atomic E-state index is 13.6. The van der Waals surface area contributed by atoms with Crippen molar-refractivity contribution < 1.29 is 14.1 Å². The lowest BCUT2D eigenvalue weighted by atomic mass is 9.95. The van der Waals surface area contributed by atoms with Gasteiger partial charge in [-0.25, -0.2) is 4.39 Å². The van der Waals surface area contributed by atoms with Crippen molar-refractivity contribution in [3.63, 3.8) is 0 Å². The number of nitro benzene ring substituents is 1. The van der Waals surface area contributed by atoms with Gasteiger partial charge in [-0.1, -0.05) is 0 Å². The molecule has 0 bridgehead atoms. The highest BCUT2D eigenvalue weighted by Crippen LogP contribution is 2.28. The van der Waals surface area contributed by atoms with Crippen molar-refractivity contribution >= 4 is 5.69 Å². The number of nitrogens with two attached hydrogens (primary N) is 1. The molecule has 6 heteroatoms. The van der Waals surface area contributed by atoms with Gasteiger partial charge in [0.25, 0.3) is 5.69 Å². The molecule has 0 radical (unpaired) electrons. The molecule has 1 aromatic carbocycles. The molecular formula is C10H13FN2O3. The van der Waals surface area contributed by atoms with Gasteiger partial charge in [0.15, 0.2) is 0 Å². The molecule has 1 atom stereocenters. The van der Waals surface area contributed by atoms with Crippen molar-refractivity contribution in [3.8, 4) is 0 Å². The highest BCUT2D eigenvalue weighted by molar-refractivity contribution is 5.36. The summed E-state index contributed by atoms with van der Waals surface area (Å²) in [7, 11) is 1.41. The number of ether oxygens (including phenoxy) is 1. The van der Waals surface area contributed by atoms with Gasteiger partial charge in [-0.05, 0) is 13.0 Å². The maximum Gasteiger partial charge on any atom is 0.272 e. The minimum atomic E-state index is -0.973. The number of hydrogen-bond donors (Lipinski definition) is 1. The van der Waals surface area contributed by atoms with Gasteiger partial charge in [-0.15, -0.1) is 0 Å². The fourth-order valence-electron chi connectivity index (χ4n) is 1.35. The average molecular weight is 228 g/mol. The molecule has 5 nitrogen and oxygen atoms in total. The molecule has 0 heterocycles. The van der Waals surface area contributed by atoms with Crippen molar-refractivity contribution in [3.05, 3.63) is 39.7 Å². The summed E-state index contributed by atoms with van der Waals surface area (Å²) in [6.07, 6.45) is 0. The third kappa shape index (κ3) is 2.17. The molecule has 0 saturated carbocycles. The minimum absolute atomic E-state index is 0.0816. The van der Waals surface area contributed by atoms with E-state index in [2.05, 4.69) is 0 Å². The van der Waals surface area contributed by atoms with Crippen LogP contribution in [-0.4, -0.2) is 18.6 Å². The molecule has 0 fully saturated rings. The molecule has 0 aromatic heterocycles. The van der Waals surface area contributed by atoms with Crippen molar-refractivity contribution in [1.82, 2.24) is 0 Å². The van der Waals surface area contributed by atoms with Gasteiger partial charge in [0.1, 0.15) is 11.4 Å². The van der Waals surface area contributed by atoms with Crippen molar-refractivity contribution in [1.29, 1.82) is 0 Å². The molecule has 0 aliphatic rings. The van der Waals surface area contributed by atoms with Gasteiger partial charge in [-0.3, -0.25) is 10.1 Å². The Balaban J connectivity index is 3.22. The molecule has 1 rings (SSSR count). The first-order valence-corrected chi connectivity index (χ1v) is 4.64. The minimum Gasteiger partial charge on any atom is -0.372 e. The third-order valence-corrected chi connectivity index (χ3v) is 2.57. The summed E-state index contributed by atoms with van der Waals surface area (Å²) in [6.45, 7) is 1.70. The normalized spacial score (nSPS) is 14.5. The van der Waals surface area contributed by atoms with Crippen LogP contribution in [0.3, 0.4) is 0 Å². The second-order valence-electron chi connectivity index (χ2n) is 3.56. The zero-order valence-electron chi connectivity index (χ0n) is 9.07. The van der Waals surface area contributed by atoms with Crippen molar-refractivity contribution in [2.75, 3.05) is 13.7 Å². The van der Waals surface area contributed by atoms with E-state index in [1.54, 1.807) is 6.92 Å². The van der Waals surface area contributed by atoms with Crippen molar-refractivity contribution in [2.45, 2.75) is 12.5 Å². The Bertz CT molecular complexity index is 405. The standard InChI is InChI=1S/C10H13FN2O3/c1-10(6-12,16-2)8-4-3-7(13(14)15)5-9(8)11/h3-5H,6,12H2,1-2H3. The van der Waals surface area contributed by atoms with E-state index in [9.17, 15) is 14.5 Å². The van der Waals surface area contributed by atoms with Gasteiger partial charge in [0.2, 0.25) is 0 Å². The van der Waals surface area contributed by atoms with E-state index in [1.165, 1.54) is 19.2 Å². The number of nitrogens with zero attached hydrogens (tertiary/aromatic N) is 1. The van der Waals surface area contributed by atoms with E-state index >= 15 is 0 Å². The molecule has 0 aliphatic carbocycles. The van der Waals surface area contributed by atoms with Crippen LogP contribution in [0.4, 0.5) is 10.1 Å². The Labute approximate surface area is 92.2 Å². The van der Waals surface area contributed by atoms with E-state index in [1.807, 2.05) is 0 Å². The Hall–Kier alpha value is -1.53. The first kappa shape index (κ1) is 12.5. The summed E-state index contributed by atoms with van der Waals surface area (Å²) in [5.74, 6) is -0.691. The van der Waals surface area contributed by atoms with E-state index in [0.717, 1.165) is 6.07 Å². The lowest BCUT2D eigenvalue weighted by molar-refractivity contribution is -0.385. The van der Waals surface area contributed by atoms with E-state index < -0.39 is 16.3 Å². The molecule has 0 aliphatic heterocycles. The number of halogens is 1. The van der Waals surface area contributed by atoms with Gasteiger partial charge >= 0.3 is 0 Å². The highest BCUT2D eigenvalue weighted by atomic mass is 19.1. The van der Waals surface area contributed by atoms with Gasteiger partial charge in [0, 0.05) is 25.3 Å². The van der Waals surface area contributed by atoms with E-state index in [-0.39, 0.29) is 17.8 Å². The lowest BCUT2D eigenvalue weighted by Crippen LogP contribution is -2.34. The number of non-ortho nitro benzene ring substituents is 1. The molecule has 1 aromatic rings. The van der Waals surface area contributed by atoms with Crippen molar-refractivity contribution in [2.24, 2.45) is 5.73 Å². The number of nitro groups is 1. The van der Waals surface area contributed by atoms with Crippen LogP contribution in [0, 0.1) is 15.9 Å². The van der Waals surface area contributed by atoms with E-state index in [4.69, 9.17) is 10.5 Å². The summed E-state index contributed by atoms with van der Waals surface area (Å²) in [5, 5.41) is 10.4. The molecule has 0 amide bonds. The first-order valence-electron chi connectivity index (χ1n) is 4.64. The molecule has 0 saturated heterocycles. The fourth-order valence-corrected chi connectivity index (χ4v) is 1.35. The number of rotatable bonds is 4. The monoisotopic (exact) mass is 228 g/mol. The summed E-state index contributed by atoms with van der Waals surface area (Å²) < 4.78 is 18.8. The predicted octanol–water partition coefficient (Wildman–Crippen LogP) is 1.55. The van der Waals surface area contributed by atoms with Crippen LogP contribution < -0.4 is 5.73 Å². The zero-order chi connectivity index (χ0) is 12.3. The second-order valence-corrected chi connectivity index (χ2v) is 3.56. The summed E-state index contributed by atoms with van der Waals surface area (Å²) in [6, 6.07) is 3.41. The Morgan fingerprint density at radius 3 is 2.62 bits per heavy atom. The predicted molar refractivity (Wildman–Crippen MR) is 56.5 cm³/mol. The van der Waals surface area contributed by atoms with Crippen LogP contribution in [0.5, 0.6) is 0 Å². The van der Waals surface area contributed by atoms with Crippen LogP contribution in [-0.2, 0) is 10.3 Å². The molecule has 16 heavy (non-hydrogen) atoms. The topological polar surface area (TPSA) is 78.4 Å². The molecule has 2 N–H and O–H groups in total. The van der Waals surface area contributed by atoms with Gasteiger partial charge < -0.3 is 10.5 Å². The average Bonchev–Trinajstić information content (AvgIpc) is 2.27. The molecular weight excluding hydrogens is 215 g/mol. The number of benzene rings is 1. The van der Waals surface area contributed by atoms with Gasteiger partial charge in [-0.2, -0.15) is 0 Å². The van der Waals surface area contributed by atoms with Crippen LogP contribution in [0.25, 0.3) is 0 Å². The number of methoxy groups -OCH3 is 1. The SMILES string of the molecule is COC(C)(CN)c1ccc([N+](=O)[O-])cc1F. The first-order chi connectivity index (χ1) is 7.44. The molecule has 1 unspecified atom stereocenters. The lowest BCUT2D eigenvalue weighted by Gasteiger charge is -2.27. The maximum absolute atomic E-state index is 13.6. The Morgan fingerprint density at radius 2 is 2.25 bits per heavy atom. The zero-order valence-corrected chi connectivity index (χ0v) is 9.07. The number of hydrogen-bond acceptors (Lipinski definition) is 4. The quantitative estimate of drug-likeness (QED) is 0.626. The summed E-state index contributed by atoms with van der Waals surface area (Å²) >= 11 is 0. The summed E-state index contributed by atoms with van der Waals surface area (Å²) in [5.41, 5.74) is 4.43. The molecule has 0 spiro atoms. The van der Waals surface area contributed by atoms with Crippen LogP contribution in [0.1, 0.15) is 12.5 Å². The largest absolute Gasteiger partial charge is 0.372 e. The second kappa shape index (κ2) is 4.54. The van der Waals surface area contributed by atoms with Gasteiger partial charge in [0.05, 0.1) is 11.0 Å². The van der Waals surface area contributed by atoms with Crippen LogP contribution in [0.2, 0.25) is 0 Å². The third-order valence-electron chi connectivity index (χ3n) is 2.57.